The summed E-state index contributed by atoms with van der Waals surface area (Å²) in [6.45, 7) is 1.11. The van der Waals surface area contributed by atoms with E-state index in [2.05, 4.69) is 22.4 Å². The predicted octanol–water partition coefficient (Wildman–Crippen LogP) is 4.92. The molecule has 5 rings (SSSR count). The number of thiazole rings is 1. The number of anilines is 1. The number of carbonyl (C=O) groups excluding carboxylic acids is 1. The first kappa shape index (κ1) is 17.7. The van der Waals surface area contributed by atoms with Crippen molar-refractivity contribution in [1.82, 2.24) is 4.98 Å². The summed E-state index contributed by atoms with van der Waals surface area (Å²) in [6.07, 6.45) is 0.306. The zero-order valence-corrected chi connectivity index (χ0v) is 16.4. The molecule has 0 unspecified atom stereocenters. The van der Waals surface area contributed by atoms with Gasteiger partial charge in [-0.15, -0.1) is 11.3 Å². The summed E-state index contributed by atoms with van der Waals surface area (Å²) in [5, 5.41) is 7.66. The van der Waals surface area contributed by atoms with E-state index >= 15 is 0 Å². The van der Waals surface area contributed by atoms with Crippen molar-refractivity contribution in [2.45, 2.75) is 6.42 Å². The van der Waals surface area contributed by atoms with Gasteiger partial charge in [-0.2, -0.15) is 0 Å². The number of hydrogen-bond donors (Lipinski definition) is 1. The van der Waals surface area contributed by atoms with Gasteiger partial charge in [0.15, 0.2) is 16.6 Å². The van der Waals surface area contributed by atoms with Gasteiger partial charge >= 0.3 is 0 Å². The number of hydrogen-bond acceptors (Lipinski definition) is 5. The van der Waals surface area contributed by atoms with Gasteiger partial charge in [0.05, 0.1) is 12.1 Å². The smallest absolute Gasteiger partial charge is 0.230 e. The maximum absolute atomic E-state index is 12.6. The van der Waals surface area contributed by atoms with Gasteiger partial charge < -0.3 is 14.8 Å². The van der Waals surface area contributed by atoms with E-state index in [4.69, 9.17) is 9.47 Å². The van der Waals surface area contributed by atoms with Crippen LogP contribution in [0.5, 0.6) is 11.5 Å². The number of ether oxygens (including phenoxy) is 2. The van der Waals surface area contributed by atoms with Crippen LogP contribution in [0.1, 0.15) is 5.56 Å². The number of nitrogens with one attached hydrogen (secondary N) is 1. The molecule has 0 atom stereocenters. The fourth-order valence-corrected chi connectivity index (χ4v) is 4.19. The standard InChI is InChI=1S/C23H18N2O3S/c26-22(13-16-6-3-5-15-4-1-2-7-18(15)16)25-23-24-19(14-29-23)17-8-9-20-21(12-17)28-11-10-27-20/h1-9,12,14H,10-11,13H2,(H,24,25,26). The highest BCUT2D eigenvalue weighted by Crippen LogP contribution is 2.35. The number of benzene rings is 3. The third kappa shape index (κ3) is 3.67. The molecule has 2 heterocycles. The molecule has 0 spiro atoms. The Morgan fingerprint density at radius 3 is 2.76 bits per heavy atom. The maximum atomic E-state index is 12.6. The van der Waals surface area contributed by atoms with Crippen LogP contribution in [0.25, 0.3) is 22.0 Å². The fraction of sp³-hybridized carbons (Fsp3) is 0.130. The van der Waals surface area contributed by atoms with Crippen molar-refractivity contribution >= 4 is 33.1 Å². The lowest BCUT2D eigenvalue weighted by Gasteiger charge is -2.18. The van der Waals surface area contributed by atoms with Crippen LogP contribution in [-0.2, 0) is 11.2 Å². The Balaban J connectivity index is 1.31. The average Bonchev–Trinajstić information content (AvgIpc) is 3.22. The molecule has 5 nitrogen and oxygen atoms in total. The summed E-state index contributed by atoms with van der Waals surface area (Å²) in [6, 6.07) is 19.9. The Kier molecular flexibility index (Phi) is 4.62. The molecule has 1 aromatic heterocycles. The second kappa shape index (κ2) is 7.56. The summed E-state index contributed by atoms with van der Waals surface area (Å²) >= 11 is 1.41. The normalized spacial score (nSPS) is 12.7. The van der Waals surface area contributed by atoms with E-state index in [0.717, 1.165) is 39.1 Å². The molecule has 3 aromatic carbocycles. The van der Waals surface area contributed by atoms with Gasteiger partial charge in [0, 0.05) is 10.9 Å². The Bertz CT molecular complexity index is 1200. The van der Waals surface area contributed by atoms with Gasteiger partial charge in [0.1, 0.15) is 13.2 Å². The van der Waals surface area contributed by atoms with E-state index in [-0.39, 0.29) is 5.91 Å². The van der Waals surface area contributed by atoms with E-state index in [1.165, 1.54) is 11.3 Å². The minimum atomic E-state index is -0.0792. The molecule has 6 heteroatoms. The van der Waals surface area contributed by atoms with Crippen LogP contribution in [-0.4, -0.2) is 24.1 Å². The minimum absolute atomic E-state index is 0.0792. The first-order chi connectivity index (χ1) is 14.3. The Hall–Kier alpha value is -3.38. The van der Waals surface area contributed by atoms with E-state index in [1.807, 2.05) is 53.9 Å². The minimum Gasteiger partial charge on any atom is -0.486 e. The van der Waals surface area contributed by atoms with E-state index in [1.54, 1.807) is 0 Å². The summed E-state index contributed by atoms with van der Waals surface area (Å²) in [5.74, 6) is 1.39. The maximum Gasteiger partial charge on any atom is 0.230 e. The number of aromatic nitrogens is 1. The van der Waals surface area contributed by atoms with Crippen molar-refractivity contribution in [2.24, 2.45) is 0 Å². The van der Waals surface area contributed by atoms with Gasteiger partial charge in [-0.05, 0) is 34.5 Å². The summed E-state index contributed by atoms with van der Waals surface area (Å²) < 4.78 is 11.2. The predicted molar refractivity (Wildman–Crippen MR) is 115 cm³/mol. The SMILES string of the molecule is O=C(Cc1cccc2ccccc12)Nc1nc(-c2ccc3c(c2)OCCO3)cs1. The molecular formula is C23H18N2O3S. The van der Waals surface area contributed by atoms with Crippen molar-refractivity contribution in [3.05, 3.63) is 71.6 Å². The van der Waals surface area contributed by atoms with Gasteiger partial charge in [-0.3, -0.25) is 4.79 Å². The number of rotatable bonds is 4. The molecule has 29 heavy (non-hydrogen) atoms. The fourth-order valence-electron chi connectivity index (χ4n) is 3.45. The summed E-state index contributed by atoms with van der Waals surface area (Å²) in [4.78, 5) is 17.1. The zero-order valence-electron chi connectivity index (χ0n) is 15.6. The molecule has 4 aromatic rings. The van der Waals surface area contributed by atoms with Gasteiger partial charge in [0.2, 0.25) is 5.91 Å². The highest BCUT2D eigenvalue weighted by atomic mass is 32.1. The number of nitrogens with zero attached hydrogens (tertiary/aromatic N) is 1. The van der Waals surface area contributed by atoms with Crippen molar-refractivity contribution in [2.75, 3.05) is 18.5 Å². The quantitative estimate of drug-likeness (QED) is 0.527. The van der Waals surface area contributed by atoms with E-state index < -0.39 is 0 Å². The average molecular weight is 402 g/mol. The molecule has 0 saturated carbocycles. The van der Waals surface area contributed by atoms with Crippen LogP contribution >= 0.6 is 11.3 Å². The van der Waals surface area contributed by atoms with Crippen LogP contribution in [0.2, 0.25) is 0 Å². The van der Waals surface area contributed by atoms with E-state index in [9.17, 15) is 4.79 Å². The van der Waals surface area contributed by atoms with Crippen molar-refractivity contribution in [1.29, 1.82) is 0 Å². The van der Waals surface area contributed by atoms with Crippen molar-refractivity contribution in [3.63, 3.8) is 0 Å². The molecule has 1 amide bonds. The molecule has 1 N–H and O–H groups in total. The zero-order chi connectivity index (χ0) is 19.6. The Labute approximate surface area is 171 Å². The molecule has 0 radical (unpaired) electrons. The van der Waals surface area contributed by atoms with Crippen molar-refractivity contribution in [3.8, 4) is 22.8 Å². The highest BCUT2D eigenvalue weighted by Gasteiger charge is 2.15. The molecule has 0 aliphatic carbocycles. The summed E-state index contributed by atoms with van der Waals surface area (Å²) in [5.41, 5.74) is 2.73. The third-order valence-electron chi connectivity index (χ3n) is 4.82. The van der Waals surface area contributed by atoms with Crippen molar-refractivity contribution < 1.29 is 14.3 Å². The highest BCUT2D eigenvalue weighted by molar-refractivity contribution is 7.14. The third-order valence-corrected chi connectivity index (χ3v) is 5.58. The van der Waals surface area contributed by atoms with Gasteiger partial charge in [-0.1, -0.05) is 42.5 Å². The number of carbonyl (C=O) groups is 1. The lowest BCUT2D eigenvalue weighted by Crippen LogP contribution is -2.15. The molecule has 0 fully saturated rings. The van der Waals surface area contributed by atoms with Gasteiger partial charge in [-0.25, -0.2) is 4.98 Å². The first-order valence-corrected chi connectivity index (χ1v) is 10.3. The van der Waals surface area contributed by atoms with Crippen LogP contribution in [0.4, 0.5) is 5.13 Å². The molecular weight excluding hydrogens is 384 g/mol. The second-order valence-corrected chi connectivity index (χ2v) is 7.62. The van der Waals surface area contributed by atoms with Gasteiger partial charge in [0.25, 0.3) is 0 Å². The molecule has 1 aliphatic rings. The van der Waals surface area contributed by atoms with Crippen LogP contribution in [0.3, 0.4) is 0 Å². The molecule has 1 aliphatic heterocycles. The van der Waals surface area contributed by atoms with E-state index in [0.29, 0.717) is 24.8 Å². The Morgan fingerprint density at radius 2 is 1.83 bits per heavy atom. The Morgan fingerprint density at radius 1 is 1.00 bits per heavy atom. The molecule has 144 valence electrons. The van der Waals surface area contributed by atoms with Crippen LogP contribution < -0.4 is 14.8 Å². The molecule has 0 saturated heterocycles. The lowest BCUT2D eigenvalue weighted by atomic mass is 10.0. The monoisotopic (exact) mass is 402 g/mol. The van der Waals surface area contributed by atoms with Crippen LogP contribution in [0.15, 0.2) is 66.0 Å². The second-order valence-electron chi connectivity index (χ2n) is 6.76. The summed E-state index contributed by atoms with van der Waals surface area (Å²) in [7, 11) is 0. The topological polar surface area (TPSA) is 60.5 Å². The first-order valence-electron chi connectivity index (χ1n) is 9.38. The number of fused-ring (bicyclic) bond motifs is 2. The molecule has 0 bridgehead atoms. The lowest BCUT2D eigenvalue weighted by molar-refractivity contribution is -0.115. The largest absolute Gasteiger partial charge is 0.486 e. The number of amides is 1. The van der Waals surface area contributed by atoms with Crippen LogP contribution in [0, 0.1) is 0 Å².